The number of isocyanates is 1. The van der Waals surface area contributed by atoms with Crippen LogP contribution in [0.2, 0.25) is 0 Å². The monoisotopic (exact) mass is 287 g/mol. The molecule has 4 nitrogen and oxygen atoms in total. The fourth-order valence-corrected chi connectivity index (χ4v) is 2.42. The molecule has 0 atom stereocenters. The van der Waals surface area contributed by atoms with Crippen LogP contribution in [-0.4, -0.2) is 16.3 Å². The molecule has 1 aromatic carbocycles. The zero-order chi connectivity index (χ0) is 11.9. The highest BCUT2D eigenvalue weighted by Crippen LogP contribution is 2.56. The van der Waals surface area contributed by atoms with E-state index >= 15 is 0 Å². The number of hydrogen-bond donors (Lipinski definition) is 2. The van der Waals surface area contributed by atoms with Gasteiger partial charge in [-0.25, -0.2) is 9.18 Å². The van der Waals surface area contributed by atoms with Gasteiger partial charge in [0.05, 0.1) is 0 Å². The lowest BCUT2D eigenvalue weighted by Gasteiger charge is -2.14. The first-order valence-corrected chi connectivity index (χ1v) is 5.30. The second-order valence-electron chi connectivity index (χ2n) is 3.65. The number of carbonyl (C=O) groups excluding carboxylic acids is 1. The fourth-order valence-electron chi connectivity index (χ4n) is 1.66. The van der Waals surface area contributed by atoms with E-state index in [9.17, 15) is 19.4 Å². The lowest BCUT2D eigenvalue weighted by atomic mass is 10.0. The molecule has 1 saturated carbocycles. The first-order valence-electron chi connectivity index (χ1n) is 4.51. The average Bonchev–Trinajstić information content (AvgIpc) is 2.96. The molecule has 0 saturated heterocycles. The maximum atomic E-state index is 13.1. The van der Waals surface area contributed by atoms with Gasteiger partial charge in [0.15, 0.2) is 17.3 Å². The summed E-state index contributed by atoms with van der Waals surface area (Å²) >= 11 is 3.08. The number of phenolic OH excluding ortho intramolecular Hbond substituents is 2. The third-order valence-corrected chi connectivity index (χ3v) is 3.25. The molecule has 0 bridgehead atoms. The molecule has 84 valence electrons. The van der Waals surface area contributed by atoms with Crippen LogP contribution in [0.15, 0.2) is 15.5 Å². The van der Waals surface area contributed by atoms with E-state index in [4.69, 9.17) is 0 Å². The van der Waals surface area contributed by atoms with E-state index in [2.05, 4.69) is 20.9 Å². The van der Waals surface area contributed by atoms with Crippen LogP contribution in [0.4, 0.5) is 4.39 Å². The summed E-state index contributed by atoms with van der Waals surface area (Å²) in [5.41, 5.74) is -0.634. The van der Waals surface area contributed by atoms with Crippen LogP contribution in [-0.2, 0) is 10.3 Å². The molecule has 0 aromatic heterocycles. The Hall–Kier alpha value is -1.39. The Morgan fingerprint density at radius 1 is 1.44 bits per heavy atom. The van der Waals surface area contributed by atoms with Crippen molar-refractivity contribution in [3.8, 4) is 11.5 Å². The topological polar surface area (TPSA) is 69.9 Å². The summed E-state index contributed by atoms with van der Waals surface area (Å²) in [7, 11) is 0. The molecule has 0 radical (unpaired) electrons. The van der Waals surface area contributed by atoms with Crippen LogP contribution >= 0.6 is 15.9 Å². The number of phenols is 2. The third kappa shape index (κ3) is 1.50. The summed E-state index contributed by atoms with van der Waals surface area (Å²) in [4.78, 5) is 13.9. The lowest BCUT2D eigenvalue weighted by molar-refractivity contribution is 0.371. The van der Waals surface area contributed by atoms with Gasteiger partial charge in [-0.05, 0) is 18.9 Å². The average molecular weight is 288 g/mol. The summed E-state index contributed by atoms with van der Waals surface area (Å²) in [6.07, 6.45) is 2.54. The normalized spacial score (nSPS) is 16.6. The Kier molecular flexibility index (Phi) is 2.48. The van der Waals surface area contributed by atoms with Gasteiger partial charge >= 0.3 is 0 Å². The molecule has 1 fully saturated rings. The molecule has 2 rings (SSSR count). The van der Waals surface area contributed by atoms with Crippen molar-refractivity contribution < 1.29 is 19.4 Å². The van der Waals surface area contributed by atoms with Crippen LogP contribution in [0.3, 0.4) is 0 Å². The van der Waals surface area contributed by atoms with Gasteiger partial charge in [-0.2, -0.15) is 4.99 Å². The second kappa shape index (κ2) is 3.57. The number of aliphatic imine (C=N–C) groups is 1. The summed E-state index contributed by atoms with van der Waals surface area (Å²) in [5.74, 6) is -2.34. The standard InChI is InChI=1S/C10H7BrFNO3/c11-5-3-6(12)8(15)9(16)7(5)10(1-2-10)13-4-14/h3,15-16H,1-2H2. The van der Waals surface area contributed by atoms with Crippen LogP contribution in [0.5, 0.6) is 11.5 Å². The van der Waals surface area contributed by atoms with E-state index in [1.807, 2.05) is 0 Å². The molecule has 0 heterocycles. The van der Waals surface area contributed by atoms with Gasteiger partial charge in [-0.1, -0.05) is 15.9 Å². The van der Waals surface area contributed by atoms with E-state index < -0.39 is 22.9 Å². The van der Waals surface area contributed by atoms with E-state index in [-0.39, 0.29) is 10.0 Å². The van der Waals surface area contributed by atoms with Gasteiger partial charge in [0.25, 0.3) is 0 Å². The van der Waals surface area contributed by atoms with Crippen molar-refractivity contribution in [2.24, 2.45) is 4.99 Å². The summed E-state index contributed by atoms with van der Waals surface area (Å²) in [5, 5.41) is 18.9. The Morgan fingerprint density at radius 2 is 2.06 bits per heavy atom. The largest absolute Gasteiger partial charge is 0.504 e. The van der Waals surface area contributed by atoms with Gasteiger partial charge < -0.3 is 10.2 Å². The van der Waals surface area contributed by atoms with Gasteiger partial charge in [-0.15, -0.1) is 0 Å². The van der Waals surface area contributed by atoms with Gasteiger partial charge in [-0.3, -0.25) is 0 Å². The van der Waals surface area contributed by atoms with Crippen molar-refractivity contribution in [1.29, 1.82) is 0 Å². The predicted octanol–water partition coefficient (Wildman–Crippen LogP) is 2.32. The van der Waals surface area contributed by atoms with Gasteiger partial charge in [0.1, 0.15) is 5.54 Å². The van der Waals surface area contributed by atoms with Gasteiger partial charge in [0.2, 0.25) is 6.08 Å². The van der Waals surface area contributed by atoms with Crippen LogP contribution in [0.25, 0.3) is 0 Å². The third-order valence-electron chi connectivity index (χ3n) is 2.63. The van der Waals surface area contributed by atoms with E-state index in [1.54, 1.807) is 0 Å². The van der Waals surface area contributed by atoms with Crippen molar-refractivity contribution in [1.82, 2.24) is 0 Å². The predicted molar refractivity (Wildman–Crippen MR) is 56.5 cm³/mol. The lowest BCUT2D eigenvalue weighted by Crippen LogP contribution is -2.04. The van der Waals surface area contributed by atoms with Crippen molar-refractivity contribution in [3.63, 3.8) is 0 Å². The van der Waals surface area contributed by atoms with Crippen molar-refractivity contribution >= 4 is 22.0 Å². The molecule has 6 heteroatoms. The number of aromatic hydroxyl groups is 2. The molecule has 0 spiro atoms. The number of halogens is 2. The molecule has 16 heavy (non-hydrogen) atoms. The molecule has 1 aromatic rings. The quantitative estimate of drug-likeness (QED) is 0.498. The van der Waals surface area contributed by atoms with Crippen LogP contribution in [0.1, 0.15) is 18.4 Å². The highest BCUT2D eigenvalue weighted by Gasteiger charge is 2.48. The molecule has 0 amide bonds. The van der Waals surface area contributed by atoms with E-state index in [1.165, 1.54) is 6.08 Å². The molecular formula is C10H7BrFNO3. The second-order valence-corrected chi connectivity index (χ2v) is 4.50. The Morgan fingerprint density at radius 3 is 2.56 bits per heavy atom. The number of rotatable bonds is 2. The Balaban J connectivity index is 2.66. The molecule has 1 aliphatic rings. The molecule has 0 unspecified atom stereocenters. The summed E-state index contributed by atoms with van der Waals surface area (Å²) in [6.45, 7) is 0. The summed E-state index contributed by atoms with van der Waals surface area (Å²) in [6, 6.07) is 1.03. The maximum absolute atomic E-state index is 13.1. The Bertz CT molecular complexity index is 507. The fraction of sp³-hybridized carbons (Fsp3) is 0.300. The number of hydrogen-bond acceptors (Lipinski definition) is 4. The minimum absolute atomic E-state index is 0.231. The first kappa shape index (κ1) is 11.1. The van der Waals surface area contributed by atoms with Crippen molar-refractivity contribution in [3.05, 3.63) is 21.9 Å². The SMILES string of the molecule is O=C=NC1(c2c(Br)cc(F)c(O)c2O)CC1. The zero-order valence-corrected chi connectivity index (χ0v) is 9.58. The maximum Gasteiger partial charge on any atom is 0.235 e. The number of nitrogens with zero attached hydrogens (tertiary/aromatic N) is 1. The first-order chi connectivity index (χ1) is 7.52. The molecule has 1 aliphatic carbocycles. The zero-order valence-electron chi connectivity index (χ0n) is 8.00. The highest BCUT2D eigenvalue weighted by atomic mass is 79.9. The minimum Gasteiger partial charge on any atom is -0.504 e. The van der Waals surface area contributed by atoms with E-state index in [0.717, 1.165) is 6.07 Å². The summed E-state index contributed by atoms with van der Waals surface area (Å²) < 4.78 is 13.3. The van der Waals surface area contributed by atoms with Crippen molar-refractivity contribution in [2.45, 2.75) is 18.4 Å². The minimum atomic E-state index is -0.931. The molecular weight excluding hydrogens is 281 g/mol. The number of benzene rings is 1. The Labute approximate surface area is 98.6 Å². The van der Waals surface area contributed by atoms with E-state index in [0.29, 0.717) is 12.8 Å². The van der Waals surface area contributed by atoms with Crippen molar-refractivity contribution in [2.75, 3.05) is 0 Å². The molecule has 2 N–H and O–H groups in total. The highest BCUT2D eigenvalue weighted by molar-refractivity contribution is 9.10. The molecule has 0 aliphatic heterocycles. The smallest absolute Gasteiger partial charge is 0.235 e. The van der Waals surface area contributed by atoms with Crippen LogP contribution in [0, 0.1) is 5.82 Å². The van der Waals surface area contributed by atoms with Crippen LogP contribution < -0.4 is 0 Å². The van der Waals surface area contributed by atoms with Gasteiger partial charge in [0, 0.05) is 10.0 Å².